The van der Waals surface area contributed by atoms with Gasteiger partial charge in [-0.25, -0.2) is 0 Å². The van der Waals surface area contributed by atoms with Crippen molar-refractivity contribution in [2.75, 3.05) is 43.5 Å². The number of nitrogens with one attached hydrogen (secondary N) is 1. The van der Waals surface area contributed by atoms with E-state index in [1.165, 1.54) is 5.69 Å². The minimum absolute atomic E-state index is 0.0165. The number of rotatable bonds is 6. The van der Waals surface area contributed by atoms with E-state index in [9.17, 15) is 4.79 Å². The van der Waals surface area contributed by atoms with Gasteiger partial charge in [0.15, 0.2) is 0 Å². The van der Waals surface area contributed by atoms with Crippen LogP contribution < -0.4 is 15.0 Å². The van der Waals surface area contributed by atoms with Gasteiger partial charge in [-0.2, -0.15) is 0 Å². The van der Waals surface area contributed by atoms with E-state index in [1.807, 2.05) is 62.4 Å². The first-order chi connectivity index (χ1) is 15.5. The average molecular weight is 430 g/mol. The van der Waals surface area contributed by atoms with Crippen molar-refractivity contribution < 1.29 is 9.53 Å². The largest absolute Gasteiger partial charge is 0.497 e. The summed E-state index contributed by atoms with van der Waals surface area (Å²) in [5.41, 5.74) is 5.29. The van der Waals surface area contributed by atoms with Gasteiger partial charge in [0.1, 0.15) is 11.8 Å². The zero-order chi connectivity index (χ0) is 22.5. The van der Waals surface area contributed by atoms with E-state index in [1.54, 1.807) is 7.11 Å². The molecule has 32 heavy (non-hydrogen) atoms. The molecule has 0 radical (unpaired) electrons. The standard InChI is InChI=1S/C27H31N3O2/c1-20-9-10-21(2)25(19-20)28-27(31)26(22-7-5-4-6-8-22)30-17-15-29(16-18-30)23-11-13-24(32-3)14-12-23/h4-14,19,26H,15-18H2,1-3H3,(H,28,31)/t26-/m1/s1. The molecule has 0 bridgehead atoms. The molecule has 0 spiro atoms. The maximum absolute atomic E-state index is 13.5. The number of carbonyl (C=O) groups is 1. The van der Waals surface area contributed by atoms with Gasteiger partial charge < -0.3 is 15.0 Å². The Bertz CT molecular complexity index is 1040. The fourth-order valence-corrected chi connectivity index (χ4v) is 4.27. The van der Waals surface area contributed by atoms with Gasteiger partial charge in [-0.05, 0) is 60.9 Å². The number of carbonyl (C=O) groups excluding carboxylic acids is 1. The molecule has 1 aliphatic heterocycles. The maximum atomic E-state index is 13.5. The summed E-state index contributed by atoms with van der Waals surface area (Å²) in [6.45, 7) is 7.43. The summed E-state index contributed by atoms with van der Waals surface area (Å²) in [7, 11) is 1.68. The minimum atomic E-state index is -0.325. The summed E-state index contributed by atoms with van der Waals surface area (Å²) < 4.78 is 5.27. The third-order valence-electron chi connectivity index (χ3n) is 6.13. The van der Waals surface area contributed by atoms with Gasteiger partial charge in [0.2, 0.25) is 5.91 Å². The van der Waals surface area contributed by atoms with Crippen LogP contribution in [-0.2, 0) is 4.79 Å². The van der Waals surface area contributed by atoms with E-state index in [-0.39, 0.29) is 11.9 Å². The SMILES string of the molecule is COc1ccc(N2CCN([C@@H](C(=O)Nc3cc(C)ccc3C)c3ccccc3)CC2)cc1. The molecule has 3 aromatic rings. The smallest absolute Gasteiger partial charge is 0.246 e. The van der Waals surface area contributed by atoms with Crippen molar-refractivity contribution in [3.05, 3.63) is 89.5 Å². The maximum Gasteiger partial charge on any atom is 0.246 e. The first kappa shape index (κ1) is 21.9. The number of aryl methyl sites for hydroxylation is 2. The van der Waals surface area contributed by atoms with Crippen LogP contribution >= 0.6 is 0 Å². The summed E-state index contributed by atoms with van der Waals surface area (Å²) >= 11 is 0. The number of hydrogen-bond acceptors (Lipinski definition) is 4. The topological polar surface area (TPSA) is 44.8 Å². The van der Waals surface area contributed by atoms with Gasteiger partial charge in [-0.3, -0.25) is 9.69 Å². The first-order valence-electron chi connectivity index (χ1n) is 11.1. The van der Waals surface area contributed by atoms with Crippen molar-refractivity contribution in [1.29, 1.82) is 0 Å². The van der Waals surface area contributed by atoms with E-state index >= 15 is 0 Å². The van der Waals surface area contributed by atoms with Crippen LogP contribution in [0.4, 0.5) is 11.4 Å². The van der Waals surface area contributed by atoms with Crippen LogP contribution in [-0.4, -0.2) is 44.1 Å². The summed E-state index contributed by atoms with van der Waals surface area (Å²) in [6, 6.07) is 24.1. The average Bonchev–Trinajstić information content (AvgIpc) is 2.83. The van der Waals surface area contributed by atoms with Crippen LogP contribution in [0.25, 0.3) is 0 Å². The van der Waals surface area contributed by atoms with E-state index < -0.39 is 0 Å². The molecule has 1 N–H and O–H groups in total. The molecule has 0 aliphatic carbocycles. The lowest BCUT2D eigenvalue weighted by atomic mass is 10.0. The number of nitrogens with zero attached hydrogens (tertiary/aromatic N) is 2. The fraction of sp³-hybridized carbons (Fsp3) is 0.296. The van der Waals surface area contributed by atoms with E-state index in [0.29, 0.717) is 0 Å². The van der Waals surface area contributed by atoms with Crippen LogP contribution in [0.2, 0.25) is 0 Å². The zero-order valence-corrected chi connectivity index (χ0v) is 19.0. The number of methoxy groups -OCH3 is 1. The Hall–Kier alpha value is -3.31. The molecule has 1 aliphatic rings. The Balaban J connectivity index is 1.51. The molecule has 0 saturated carbocycles. The molecule has 1 heterocycles. The molecule has 1 atom stereocenters. The molecule has 3 aromatic carbocycles. The number of anilines is 2. The molecule has 1 saturated heterocycles. The van der Waals surface area contributed by atoms with Gasteiger partial charge in [-0.15, -0.1) is 0 Å². The van der Waals surface area contributed by atoms with Crippen LogP contribution in [0.1, 0.15) is 22.7 Å². The highest BCUT2D eigenvalue weighted by molar-refractivity contribution is 5.96. The van der Waals surface area contributed by atoms with Crippen LogP contribution in [0.5, 0.6) is 5.75 Å². The number of benzene rings is 3. The second-order valence-electron chi connectivity index (χ2n) is 8.34. The van der Waals surface area contributed by atoms with E-state index in [0.717, 1.165) is 54.3 Å². The van der Waals surface area contributed by atoms with E-state index in [2.05, 4.69) is 39.4 Å². The quantitative estimate of drug-likeness (QED) is 0.611. The molecule has 4 rings (SSSR count). The second-order valence-corrected chi connectivity index (χ2v) is 8.34. The Kier molecular flexibility index (Phi) is 6.76. The molecule has 0 unspecified atom stereocenters. The van der Waals surface area contributed by atoms with Gasteiger partial charge in [0.25, 0.3) is 0 Å². The Morgan fingerprint density at radius 3 is 2.25 bits per heavy atom. The summed E-state index contributed by atoms with van der Waals surface area (Å²) in [5, 5.41) is 3.19. The molecule has 1 fully saturated rings. The lowest BCUT2D eigenvalue weighted by Crippen LogP contribution is -2.50. The highest BCUT2D eigenvalue weighted by Gasteiger charge is 2.30. The number of hydrogen-bond donors (Lipinski definition) is 1. The Labute approximate surface area is 190 Å². The lowest BCUT2D eigenvalue weighted by molar-refractivity contribution is -0.121. The van der Waals surface area contributed by atoms with Crippen molar-refractivity contribution in [2.45, 2.75) is 19.9 Å². The monoisotopic (exact) mass is 429 g/mol. The second kappa shape index (κ2) is 9.88. The van der Waals surface area contributed by atoms with Crippen molar-refractivity contribution in [3.8, 4) is 5.75 Å². The van der Waals surface area contributed by atoms with Crippen molar-refractivity contribution in [1.82, 2.24) is 4.90 Å². The van der Waals surface area contributed by atoms with Gasteiger partial charge >= 0.3 is 0 Å². The molecule has 0 aromatic heterocycles. The fourth-order valence-electron chi connectivity index (χ4n) is 4.27. The van der Waals surface area contributed by atoms with Crippen LogP contribution in [0.15, 0.2) is 72.8 Å². The van der Waals surface area contributed by atoms with Gasteiger partial charge in [-0.1, -0.05) is 42.5 Å². The Morgan fingerprint density at radius 2 is 1.59 bits per heavy atom. The van der Waals surface area contributed by atoms with Gasteiger partial charge in [0, 0.05) is 37.6 Å². The highest BCUT2D eigenvalue weighted by atomic mass is 16.5. The first-order valence-corrected chi connectivity index (χ1v) is 11.1. The number of piperazine rings is 1. The predicted octanol–water partition coefficient (Wildman–Crippen LogP) is 4.81. The van der Waals surface area contributed by atoms with Crippen molar-refractivity contribution in [3.63, 3.8) is 0 Å². The molecule has 166 valence electrons. The van der Waals surface area contributed by atoms with E-state index in [4.69, 9.17) is 4.74 Å². The van der Waals surface area contributed by atoms with Gasteiger partial charge in [0.05, 0.1) is 7.11 Å². The molecule has 5 heteroatoms. The van der Waals surface area contributed by atoms with Crippen molar-refractivity contribution in [2.24, 2.45) is 0 Å². The van der Waals surface area contributed by atoms with Crippen LogP contribution in [0, 0.1) is 13.8 Å². The Morgan fingerprint density at radius 1 is 0.906 bits per heavy atom. The predicted molar refractivity (Wildman–Crippen MR) is 131 cm³/mol. The third kappa shape index (κ3) is 4.94. The lowest BCUT2D eigenvalue weighted by Gasteiger charge is -2.39. The van der Waals surface area contributed by atoms with Crippen molar-refractivity contribution >= 4 is 17.3 Å². The molecular weight excluding hydrogens is 398 g/mol. The highest BCUT2D eigenvalue weighted by Crippen LogP contribution is 2.27. The number of ether oxygens (including phenoxy) is 1. The third-order valence-corrected chi connectivity index (χ3v) is 6.13. The molecule has 1 amide bonds. The summed E-state index contributed by atoms with van der Waals surface area (Å²) in [5.74, 6) is 0.877. The minimum Gasteiger partial charge on any atom is -0.497 e. The molecular formula is C27H31N3O2. The normalized spacial score (nSPS) is 15.3. The summed E-state index contributed by atoms with van der Waals surface area (Å²) in [6.07, 6.45) is 0. The zero-order valence-electron chi connectivity index (χ0n) is 19.0. The number of amides is 1. The van der Waals surface area contributed by atoms with Crippen LogP contribution in [0.3, 0.4) is 0 Å². The molecule has 5 nitrogen and oxygen atoms in total. The summed E-state index contributed by atoms with van der Waals surface area (Å²) in [4.78, 5) is 18.2.